The average molecular weight is 215 g/mol. The standard InChI is InChI=1S/C11H9N3O2/c1-7(16)13-11-10-3-2-8(6-15)4-9(10)5-12-14-11/h2-6H,1H3,(H,13,14,16). The molecule has 0 bridgehead atoms. The number of carbonyl (C=O) groups excluding carboxylic acids is 2. The molecule has 1 aromatic heterocycles. The van der Waals surface area contributed by atoms with Gasteiger partial charge in [0.25, 0.3) is 0 Å². The summed E-state index contributed by atoms with van der Waals surface area (Å²) in [7, 11) is 0. The molecule has 0 atom stereocenters. The molecule has 0 spiro atoms. The fraction of sp³-hybridized carbons (Fsp3) is 0.0909. The Hall–Kier alpha value is -2.30. The van der Waals surface area contributed by atoms with Gasteiger partial charge in [-0.15, -0.1) is 5.10 Å². The second-order valence-electron chi connectivity index (χ2n) is 3.34. The van der Waals surface area contributed by atoms with Gasteiger partial charge in [0, 0.05) is 23.3 Å². The Morgan fingerprint density at radius 2 is 2.25 bits per heavy atom. The molecule has 0 aliphatic rings. The van der Waals surface area contributed by atoms with Crippen LogP contribution in [-0.4, -0.2) is 22.4 Å². The molecule has 80 valence electrons. The molecule has 0 radical (unpaired) electrons. The minimum absolute atomic E-state index is 0.207. The maximum absolute atomic E-state index is 10.9. The van der Waals surface area contributed by atoms with Crippen LogP contribution in [0.1, 0.15) is 17.3 Å². The number of nitrogens with one attached hydrogen (secondary N) is 1. The first-order valence-corrected chi connectivity index (χ1v) is 4.69. The highest BCUT2D eigenvalue weighted by Gasteiger charge is 2.05. The molecule has 1 N–H and O–H groups in total. The summed E-state index contributed by atoms with van der Waals surface area (Å²) in [6, 6.07) is 5.10. The second-order valence-corrected chi connectivity index (χ2v) is 3.34. The third-order valence-electron chi connectivity index (χ3n) is 2.12. The number of fused-ring (bicyclic) bond motifs is 1. The van der Waals surface area contributed by atoms with Crippen molar-refractivity contribution < 1.29 is 9.59 Å². The van der Waals surface area contributed by atoms with E-state index in [4.69, 9.17) is 0 Å². The predicted octanol–water partition coefficient (Wildman–Crippen LogP) is 1.40. The summed E-state index contributed by atoms with van der Waals surface area (Å²) in [5.41, 5.74) is 0.564. The molecule has 2 rings (SSSR count). The van der Waals surface area contributed by atoms with E-state index in [1.165, 1.54) is 6.92 Å². The van der Waals surface area contributed by atoms with Crippen LogP contribution in [0.3, 0.4) is 0 Å². The molecule has 1 amide bonds. The molecule has 0 saturated carbocycles. The first-order valence-electron chi connectivity index (χ1n) is 4.69. The van der Waals surface area contributed by atoms with Gasteiger partial charge in [-0.3, -0.25) is 9.59 Å². The van der Waals surface area contributed by atoms with Gasteiger partial charge in [0.15, 0.2) is 5.82 Å². The number of rotatable bonds is 2. The molecular formula is C11H9N3O2. The molecule has 1 heterocycles. The molecule has 5 nitrogen and oxygen atoms in total. The largest absolute Gasteiger partial charge is 0.309 e. The highest BCUT2D eigenvalue weighted by Crippen LogP contribution is 2.20. The van der Waals surface area contributed by atoms with Crippen molar-refractivity contribution in [2.75, 3.05) is 5.32 Å². The summed E-state index contributed by atoms with van der Waals surface area (Å²) in [6.45, 7) is 1.40. The Balaban J connectivity index is 2.59. The molecular weight excluding hydrogens is 206 g/mol. The zero-order valence-electron chi connectivity index (χ0n) is 8.60. The minimum atomic E-state index is -0.207. The van der Waals surface area contributed by atoms with Crippen LogP contribution < -0.4 is 5.32 Å². The van der Waals surface area contributed by atoms with E-state index in [1.54, 1.807) is 24.4 Å². The van der Waals surface area contributed by atoms with Gasteiger partial charge in [-0.05, 0) is 12.1 Å². The molecule has 0 aliphatic carbocycles. The van der Waals surface area contributed by atoms with Gasteiger partial charge in [0.05, 0.1) is 6.20 Å². The number of aromatic nitrogens is 2. The van der Waals surface area contributed by atoms with E-state index in [2.05, 4.69) is 15.5 Å². The number of amides is 1. The van der Waals surface area contributed by atoms with E-state index in [0.717, 1.165) is 17.1 Å². The highest BCUT2D eigenvalue weighted by atomic mass is 16.1. The third-order valence-corrected chi connectivity index (χ3v) is 2.12. The SMILES string of the molecule is CC(=O)Nc1nncc2cc(C=O)ccc12. The Bertz CT molecular complexity index is 566. The van der Waals surface area contributed by atoms with E-state index in [9.17, 15) is 9.59 Å². The maximum atomic E-state index is 10.9. The maximum Gasteiger partial charge on any atom is 0.222 e. The fourth-order valence-electron chi connectivity index (χ4n) is 1.44. The summed E-state index contributed by atoms with van der Waals surface area (Å²) in [4.78, 5) is 21.6. The number of carbonyl (C=O) groups is 2. The van der Waals surface area contributed by atoms with Crippen LogP contribution in [0.4, 0.5) is 5.82 Å². The fourth-order valence-corrected chi connectivity index (χ4v) is 1.44. The van der Waals surface area contributed by atoms with Gasteiger partial charge in [-0.25, -0.2) is 0 Å². The number of nitrogens with zero attached hydrogens (tertiary/aromatic N) is 2. The quantitative estimate of drug-likeness (QED) is 0.768. The van der Waals surface area contributed by atoms with Gasteiger partial charge in [0.2, 0.25) is 5.91 Å². The molecule has 0 unspecified atom stereocenters. The van der Waals surface area contributed by atoms with Crippen LogP contribution in [0.25, 0.3) is 10.8 Å². The Morgan fingerprint density at radius 3 is 2.94 bits per heavy atom. The van der Waals surface area contributed by atoms with Crippen molar-refractivity contribution in [3.63, 3.8) is 0 Å². The highest BCUT2D eigenvalue weighted by molar-refractivity contribution is 6.00. The van der Waals surface area contributed by atoms with Crippen molar-refractivity contribution in [2.45, 2.75) is 6.92 Å². The minimum Gasteiger partial charge on any atom is -0.309 e. The van der Waals surface area contributed by atoms with Crippen LogP contribution >= 0.6 is 0 Å². The normalized spacial score (nSPS) is 10.1. The molecule has 2 aromatic rings. The Kier molecular flexibility index (Phi) is 2.59. The van der Waals surface area contributed by atoms with Crippen LogP contribution in [0.2, 0.25) is 0 Å². The summed E-state index contributed by atoms with van der Waals surface area (Å²) in [6.07, 6.45) is 2.31. The summed E-state index contributed by atoms with van der Waals surface area (Å²) in [5, 5.41) is 11.7. The molecule has 5 heteroatoms. The van der Waals surface area contributed by atoms with Gasteiger partial charge in [-0.2, -0.15) is 5.10 Å². The van der Waals surface area contributed by atoms with Crippen LogP contribution in [0.15, 0.2) is 24.4 Å². The predicted molar refractivity (Wildman–Crippen MR) is 59.2 cm³/mol. The number of aldehydes is 1. The van der Waals surface area contributed by atoms with Gasteiger partial charge >= 0.3 is 0 Å². The topological polar surface area (TPSA) is 72.0 Å². The Morgan fingerprint density at radius 1 is 1.44 bits per heavy atom. The second kappa shape index (κ2) is 4.06. The lowest BCUT2D eigenvalue weighted by atomic mass is 10.1. The first-order chi connectivity index (χ1) is 7.70. The lowest BCUT2D eigenvalue weighted by molar-refractivity contribution is -0.114. The number of hydrogen-bond donors (Lipinski definition) is 1. The lowest BCUT2D eigenvalue weighted by Gasteiger charge is -2.04. The van der Waals surface area contributed by atoms with Crippen molar-refractivity contribution in [2.24, 2.45) is 0 Å². The van der Waals surface area contributed by atoms with Gasteiger partial charge < -0.3 is 5.32 Å². The van der Waals surface area contributed by atoms with Crippen molar-refractivity contribution >= 4 is 28.8 Å². The summed E-state index contributed by atoms with van der Waals surface area (Å²) < 4.78 is 0. The summed E-state index contributed by atoms with van der Waals surface area (Å²) in [5.74, 6) is 0.198. The van der Waals surface area contributed by atoms with Crippen molar-refractivity contribution in [3.05, 3.63) is 30.0 Å². The third kappa shape index (κ3) is 1.88. The van der Waals surface area contributed by atoms with E-state index >= 15 is 0 Å². The zero-order chi connectivity index (χ0) is 11.5. The lowest BCUT2D eigenvalue weighted by Crippen LogP contribution is -2.08. The Labute approximate surface area is 91.5 Å². The summed E-state index contributed by atoms with van der Waals surface area (Å²) >= 11 is 0. The molecule has 0 saturated heterocycles. The first kappa shape index (κ1) is 10.2. The number of benzene rings is 1. The number of hydrogen-bond acceptors (Lipinski definition) is 4. The molecule has 0 fully saturated rings. The monoisotopic (exact) mass is 215 g/mol. The van der Waals surface area contributed by atoms with Crippen molar-refractivity contribution in [3.8, 4) is 0 Å². The van der Waals surface area contributed by atoms with Gasteiger partial charge in [0.1, 0.15) is 6.29 Å². The smallest absolute Gasteiger partial charge is 0.222 e. The van der Waals surface area contributed by atoms with Gasteiger partial charge in [-0.1, -0.05) is 6.07 Å². The van der Waals surface area contributed by atoms with E-state index < -0.39 is 0 Å². The zero-order valence-corrected chi connectivity index (χ0v) is 8.60. The molecule has 16 heavy (non-hydrogen) atoms. The molecule has 1 aromatic carbocycles. The van der Waals surface area contributed by atoms with E-state index in [1.807, 2.05) is 0 Å². The molecule has 0 aliphatic heterocycles. The van der Waals surface area contributed by atoms with Crippen molar-refractivity contribution in [1.82, 2.24) is 10.2 Å². The van der Waals surface area contributed by atoms with Crippen LogP contribution in [0.5, 0.6) is 0 Å². The van der Waals surface area contributed by atoms with Crippen LogP contribution in [-0.2, 0) is 4.79 Å². The van der Waals surface area contributed by atoms with Crippen LogP contribution in [0, 0.1) is 0 Å². The average Bonchev–Trinajstić information content (AvgIpc) is 2.28. The van der Waals surface area contributed by atoms with E-state index in [0.29, 0.717) is 11.4 Å². The van der Waals surface area contributed by atoms with Crippen molar-refractivity contribution in [1.29, 1.82) is 0 Å². The van der Waals surface area contributed by atoms with E-state index in [-0.39, 0.29) is 5.91 Å². The number of anilines is 1.